The van der Waals surface area contributed by atoms with Crippen molar-refractivity contribution in [1.29, 1.82) is 0 Å². The summed E-state index contributed by atoms with van der Waals surface area (Å²) >= 11 is 3.47. The van der Waals surface area contributed by atoms with Crippen molar-refractivity contribution >= 4 is 26.8 Å². The topological polar surface area (TPSA) is 42.4 Å². The number of aliphatic hydroxyl groups excluding tert-OH is 1. The van der Waals surface area contributed by atoms with Crippen molar-refractivity contribution in [2.75, 3.05) is 0 Å². The summed E-state index contributed by atoms with van der Waals surface area (Å²) in [6, 6.07) is 15.3. The van der Waals surface area contributed by atoms with Crippen molar-refractivity contribution in [2.24, 2.45) is 0 Å². The number of aromatic nitrogens is 1. The third-order valence-electron chi connectivity index (χ3n) is 3.24. The average molecular weight is 344 g/mol. The standard InChI is InChI=1S/C17H14BrNO2/c1-11(20)13-5-7-17(15(18)9-13)21-14-6-4-12-3-2-8-19-16(12)10-14/h2-11,20H,1H3. The van der Waals surface area contributed by atoms with E-state index in [1.807, 2.05) is 48.5 Å². The molecule has 3 aromatic rings. The molecule has 0 bridgehead atoms. The Labute approximate surface area is 131 Å². The third-order valence-corrected chi connectivity index (χ3v) is 3.86. The van der Waals surface area contributed by atoms with Gasteiger partial charge in [0.1, 0.15) is 11.5 Å². The van der Waals surface area contributed by atoms with Crippen LogP contribution in [0.4, 0.5) is 0 Å². The van der Waals surface area contributed by atoms with Crippen LogP contribution < -0.4 is 4.74 Å². The quantitative estimate of drug-likeness (QED) is 0.739. The Morgan fingerprint density at radius 2 is 2.00 bits per heavy atom. The number of rotatable bonds is 3. The zero-order valence-electron chi connectivity index (χ0n) is 11.5. The first-order valence-electron chi connectivity index (χ1n) is 6.63. The highest BCUT2D eigenvalue weighted by atomic mass is 79.9. The molecule has 106 valence electrons. The predicted octanol–water partition coefficient (Wildman–Crippen LogP) is 4.84. The van der Waals surface area contributed by atoms with Gasteiger partial charge in [0.2, 0.25) is 0 Å². The molecule has 0 radical (unpaired) electrons. The van der Waals surface area contributed by atoms with E-state index in [0.29, 0.717) is 5.75 Å². The van der Waals surface area contributed by atoms with Gasteiger partial charge in [-0.3, -0.25) is 4.98 Å². The molecule has 3 nitrogen and oxygen atoms in total. The molecule has 1 atom stereocenters. The first kappa shape index (κ1) is 14.0. The minimum absolute atomic E-state index is 0.500. The summed E-state index contributed by atoms with van der Waals surface area (Å²) in [5.41, 5.74) is 1.74. The molecule has 1 aromatic heterocycles. The summed E-state index contributed by atoms with van der Waals surface area (Å²) in [5.74, 6) is 1.43. The third kappa shape index (κ3) is 3.06. The Morgan fingerprint density at radius 1 is 1.14 bits per heavy atom. The van der Waals surface area contributed by atoms with E-state index in [1.165, 1.54) is 0 Å². The fourth-order valence-electron chi connectivity index (χ4n) is 2.10. The molecule has 0 spiro atoms. The molecule has 0 saturated carbocycles. The normalized spacial score (nSPS) is 12.3. The predicted molar refractivity (Wildman–Crippen MR) is 86.6 cm³/mol. The van der Waals surface area contributed by atoms with Crippen LogP contribution in [-0.4, -0.2) is 10.1 Å². The summed E-state index contributed by atoms with van der Waals surface area (Å²) in [6.45, 7) is 1.73. The summed E-state index contributed by atoms with van der Waals surface area (Å²) in [4.78, 5) is 4.32. The molecular formula is C17H14BrNO2. The lowest BCUT2D eigenvalue weighted by Gasteiger charge is -2.11. The van der Waals surface area contributed by atoms with Gasteiger partial charge in [-0.25, -0.2) is 0 Å². The van der Waals surface area contributed by atoms with Crippen LogP contribution in [0.3, 0.4) is 0 Å². The summed E-state index contributed by atoms with van der Waals surface area (Å²) < 4.78 is 6.69. The van der Waals surface area contributed by atoms with Crippen molar-refractivity contribution in [3.8, 4) is 11.5 Å². The highest BCUT2D eigenvalue weighted by Gasteiger charge is 2.07. The second kappa shape index (κ2) is 5.84. The number of hydrogen-bond acceptors (Lipinski definition) is 3. The van der Waals surface area contributed by atoms with Crippen LogP contribution in [-0.2, 0) is 0 Å². The molecule has 0 aliphatic heterocycles. The van der Waals surface area contributed by atoms with Gasteiger partial charge in [-0.15, -0.1) is 0 Å². The molecule has 4 heteroatoms. The van der Waals surface area contributed by atoms with Crippen molar-refractivity contribution in [3.63, 3.8) is 0 Å². The van der Waals surface area contributed by atoms with Crippen LogP contribution in [0.5, 0.6) is 11.5 Å². The lowest BCUT2D eigenvalue weighted by atomic mass is 10.1. The molecule has 1 unspecified atom stereocenters. The number of ether oxygens (including phenoxy) is 1. The van der Waals surface area contributed by atoms with E-state index in [4.69, 9.17) is 4.74 Å². The minimum atomic E-state index is -0.500. The van der Waals surface area contributed by atoms with Crippen LogP contribution >= 0.6 is 15.9 Å². The van der Waals surface area contributed by atoms with Gasteiger partial charge in [-0.1, -0.05) is 12.1 Å². The SMILES string of the molecule is CC(O)c1ccc(Oc2ccc3cccnc3c2)c(Br)c1. The van der Waals surface area contributed by atoms with E-state index in [9.17, 15) is 5.11 Å². The zero-order chi connectivity index (χ0) is 14.8. The molecule has 3 rings (SSSR count). The van der Waals surface area contributed by atoms with Crippen molar-refractivity contribution < 1.29 is 9.84 Å². The smallest absolute Gasteiger partial charge is 0.141 e. The van der Waals surface area contributed by atoms with Crippen LogP contribution in [0.25, 0.3) is 10.9 Å². The maximum Gasteiger partial charge on any atom is 0.141 e. The van der Waals surface area contributed by atoms with Gasteiger partial charge in [0, 0.05) is 17.6 Å². The van der Waals surface area contributed by atoms with E-state index in [-0.39, 0.29) is 0 Å². The number of aliphatic hydroxyl groups is 1. The second-order valence-corrected chi connectivity index (χ2v) is 5.68. The molecule has 0 amide bonds. The zero-order valence-corrected chi connectivity index (χ0v) is 13.0. The molecule has 1 heterocycles. The number of hydrogen-bond donors (Lipinski definition) is 1. The number of pyridine rings is 1. The first-order chi connectivity index (χ1) is 10.1. The molecule has 0 saturated heterocycles. The lowest BCUT2D eigenvalue weighted by Crippen LogP contribution is -1.92. The summed E-state index contributed by atoms with van der Waals surface area (Å²) in [7, 11) is 0. The molecular weight excluding hydrogens is 330 g/mol. The maximum absolute atomic E-state index is 9.58. The number of benzene rings is 2. The van der Waals surface area contributed by atoms with Crippen LogP contribution in [0.15, 0.2) is 59.2 Å². The van der Waals surface area contributed by atoms with Gasteiger partial charge in [-0.05, 0) is 58.7 Å². The van der Waals surface area contributed by atoms with Crippen LogP contribution in [0.2, 0.25) is 0 Å². The fraction of sp³-hybridized carbons (Fsp3) is 0.118. The minimum Gasteiger partial charge on any atom is -0.456 e. The van der Waals surface area contributed by atoms with Gasteiger partial charge in [0.15, 0.2) is 0 Å². The Bertz CT molecular complexity index is 787. The molecule has 0 aliphatic rings. The van der Waals surface area contributed by atoms with Crippen LogP contribution in [0.1, 0.15) is 18.6 Å². The molecule has 21 heavy (non-hydrogen) atoms. The van der Waals surface area contributed by atoms with E-state index >= 15 is 0 Å². The van der Waals surface area contributed by atoms with Gasteiger partial charge < -0.3 is 9.84 Å². The van der Waals surface area contributed by atoms with Gasteiger partial charge in [0.25, 0.3) is 0 Å². The van der Waals surface area contributed by atoms with Gasteiger partial charge >= 0.3 is 0 Å². The molecule has 1 N–H and O–H groups in total. The van der Waals surface area contributed by atoms with E-state index in [1.54, 1.807) is 13.1 Å². The van der Waals surface area contributed by atoms with E-state index in [0.717, 1.165) is 26.7 Å². The monoisotopic (exact) mass is 343 g/mol. The second-order valence-electron chi connectivity index (χ2n) is 4.83. The average Bonchev–Trinajstić information content (AvgIpc) is 2.49. The Kier molecular flexibility index (Phi) is 3.90. The van der Waals surface area contributed by atoms with Crippen molar-refractivity contribution in [3.05, 3.63) is 64.8 Å². The van der Waals surface area contributed by atoms with Crippen LogP contribution in [0, 0.1) is 0 Å². The first-order valence-corrected chi connectivity index (χ1v) is 7.43. The van der Waals surface area contributed by atoms with Gasteiger partial charge in [0.05, 0.1) is 16.1 Å². The number of halogens is 1. The van der Waals surface area contributed by atoms with Crippen molar-refractivity contribution in [1.82, 2.24) is 4.98 Å². The van der Waals surface area contributed by atoms with Crippen molar-refractivity contribution in [2.45, 2.75) is 13.0 Å². The molecule has 0 aliphatic carbocycles. The van der Waals surface area contributed by atoms with E-state index < -0.39 is 6.10 Å². The Morgan fingerprint density at radius 3 is 2.76 bits per heavy atom. The van der Waals surface area contributed by atoms with Gasteiger partial charge in [-0.2, -0.15) is 0 Å². The Hall–Kier alpha value is -1.91. The molecule has 0 fully saturated rings. The largest absolute Gasteiger partial charge is 0.456 e. The highest BCUT2D eigenvalue weighted by molar-refractivity contribution is 9.10. The summed E-state index contributed by atoms with van der Waals surface area (Å²) in [5, 5.41) is 10.7. The number of nitrogens with zero attached hydrogens (tertiary/aromatic N) is 1. The fourth-order valence-corrected chi connectivity index (χ4v) is 2.57. The maximum atomic E-state index is 9.58. The number of fused-ring (bicyclic) bond motifs is 1. The molecule has 2 aromatic carbocycles. The van der Waals surface area contributed by atoms with E-state index in [2.05, 4.69) is 20.9 Å². The summed E-state index contributed by atoms with van der Waals surface area (Å²) in [6.07, 6.45) is 1.26. The highest BCUT2D eigenvalue weighted by Crippen LogP contribution is 2.32. The lowest BCUT2D eigenvalue weighted by molar-refractivity contribution is 0.199. The Balaban J connectivity index is 1.91.